The molecule has 6 heteroatoms. The summed E-state index contributed by atoms with van der Waals surface area (Å²) >= 11 is 5.79. The van der Waals surface area contributed by atoms with E-state index < -0.39 is 23.6 Å². The maximum absolute atomic E-state index is 12.0. The van der Waals surface area contributed by atoms with Crippen LogP contribution in [0.2, 0.25) is 5.02 Å². The van der Waals surface area contributed by atoms with Gasteiger partial charge in [0.05, 0.1) is 6.42 Å². The summed E-state index contributed by atoms with van der Waals surface area (Å²) in [4.78, 5) is 23.9. The van der Waals surface area contributed by atoms with Gasteiger partial charge in [0.2, 0.25) is 0 Å². The Morgan fingerprint density at radius 2 is 1.78 bits per heavy atom. The number of ether oxygens (including phenoxy) is 2. The molecule has 0 bridgehead atoms. The van der Waals surface area contributed by atoms with Gasteiger partial charge in [0, 0.05) is 5.02 Å². The Balaban J connectivity index is 2.64. The van der Waals surface area contributed by atoms with Crippen LogP contribution in [0.1, 0.15) is 39.7 Å². The van der Waals surface area contributed by atoms with Crippen molar-refractivity contribution in [3.63, 3.8) is 0 Å². The zero-order valence-corrected chi connectivity index (χ0v) is 14.6. The molecule has 0 aliphatic carbocycles. The van der Waals surface area contributed by atoms with Crippen LogP contribution >= 0.6 is 11.6 Å². The highest BCUT2D eigenvalue weighted by Crippen LogP contribution is 2.13. The molecule has 0 fully saturated rings. The molecule has 0 spiro atoms. The predicted octanol–water partition coefficient (Wildman–Crippen LogP) is 3.57. The molecule has 0 unspecified atom stereocenters. The van der Waals surface area contributed by atoms with Crippen LogP contribution in [0.25, 0.3) is 0 Å². The smallest absolute Gasteiger partial charge is 0.356 e. The lowest BCUT2D eigenvalue weighted by Crippen LogP contribution is -2.37. The van der Waals surface area contributed by atoms with Crippen LogP contribution < -0.4 is 0 Å². The van der Waals surface area contributed by atoms with Crippen LogP contribution in [0, 0.1) is 5.41 Å². The number of carbonyl (C=O) groups excluding carboxylic acids is 2. The van der Waals surface area contributed by atoms with E-state index in [1.54, 1.807) is 52.0 Å². The highest BCUT2D eigenvalue weighted by atomic mass is 35.5. The normalized spacial score (nSPS) is 12.4. The first kappa shape index (κ1) is 19.2. The molecular formula is C17H22ClNO4. The molecule has 126 valence electrons. The fourth-order valence-electron chi connectivity index (χ4n) is 1.78. The van der Waals surface area contributed by atoms with Crippen molar-refractivity contribution < 1.29 is 19.1 Å². The van der Waals surface area contributed by atoms with Crippen molar-refractivity contribution in [3.8, 4) is 0 Å². The zero-order chi connectivity index (χ0) is 17.6. The number of hydrogen-bond donors (Lipinski definition) is 1. The lowest BCUT2D eigenvalue weighted by Gasteiger charge is -2.22. The van der Waals surface area contributed by atoms with Gasteiger partial charge < -0.3 is 9.47 Å². The Labute approximate surface area is 141 Å². The summed E-state index contributed by atoms with van der Waals surface area (Å²) in [7, 11) is 0. The molecule has 0 aliphatic heterocycles. The summed E-state index contributed by atoms with van der Waals surface area (Å²) in [6.45, 7) is 6.88. The molecule has 0 aromatic heterocycles. The van der Waals surface area contributed by atoms with Crippen molar-refractivity contribution in [2.75, 3.05) is 0 Å². The number of rotatable bonds is 6. The maximum atomic E-state index is 12.0. The topological polar surface area (TPSA) is 76.5 Å². The van der Waals surface area contributed by atoms with E-state index in [1.165, 1.54) is 0 Å². The Kier molecular flexibility index (Phi) is 6.76. The van der Waals surface area contributed by atoms with Crippen LogP contribution in [0.3, 0.4) is 0 Å². The molecule has 0 amide bonds. The SMILES string of the molecule is CC[C@H](OC(=O)Cc1ccc(Cl)cc1)C(=N)C(=O)OC(C)(C)C. The minimum Gasteiger partial charge on any atom is -0.455 e. The largest absolute Gasteiger partial charge is 0.455 e. The summed E-state index contributed by atoms with van der Waals surface area (Å²) in [6, 6.07) is 6.82. The second kappa shape index (κ2) is 8.11. The van der Waals surface area contributed by atoms with Gasteiger partial charge in [0.25, 0.3) is 0 Å². The first-order chi connectivity index (χ1) is 10.6. The molecule has 1 rings (SSSR count). The molecule has 0 aliphatic rings. The summed E-state index contributed by atoms with van der Waals surface area (Å²) in [6.07, 6.45) is -0.538. The minimum absolute atomic E-state index is 0.0509. The van der Waals surface area contributed by atoms with E-state index >= 15 is 0 Å². The van der Waals surface area contributed by atoms with E-state index in [9.17, 15) is 9.59 Å². The number of benzene rings is 1. The van der Waals surface area contributed by atoms with Gasteiger partial charge in [-0.05, 0) is 44.9 Å². The van der Waals surface area contributed by atoms with Crippen molar-refractivity contribution in [1.82, 2.24) is 0 Å². The van der Waals surface area contributed by atoms with Crippen molar-refractivity contribution in [2.45, 2.75) is 52.2 Å². The second-order valence-corrected chi connectivity index (χ2v) is 6.54. The van der Waals surface area contributed by atoms with Crippen molar-refractivity contribution in [1.29, 1.82) is 5.41 Å². The van der Waals surface area contributed by atoms with Crippen molar-refractivity contribution in [3.05, 3.63) is 34.9 Å². The molecule has 0 radical (unpaired) electrons. The standard InChI is InChI=1S/C17H22ClNO4/c1-5-13(15(19)16(21)23-17(2,3)4)22-14(20)10-11-6-8-12(18)9-7-11/h6-9,13,19H,5,10H2,1-4H3/t13-/m0/s1. The summed E-state index contributed by atoms with van der Waals surface area (Å²) in [5.74, 6) is -1.28. The zero-order valence-electron chi connectivity index (χ0n) is 13.8. The van der Waals surface area contributed by atoms with Crippen molar-refractivity contribution in [2.24, 2.45) is 0 Å². The summed E-state index contributed by atoms with van der Waals surface area (Å²) in [5.41, 5.74) is -0.306. The molecule has 1 aromatic carbocycles. The monoisotopic (exact) mass is 339 g/mol. The van der Waals surface area contributed by atoms with Gasteiger partial charge in [0.15, 0.2) is 11.8 Å². The Hall–Kier alpha value is -1.88. The van der Waals surface area contributed by atoms with Gasteiger partial charge in [-0.3, -0.25) is 10.2 Å². The molecule has 1 atom stereocenters. The third-order valence-corrected chi connectivity index (χ3v) is 3.10. The van der Waals surface area contributed by atoms with Crippen LogP contribution in [-0.2, 0) is 25.5 Å². The Morgan fingerprint density at radius 1 is 1.22 bits per heavy atom. The Morgan fingerprint density at radius 3 is 2.26 bits per heavy atom. The minimum atomic E-state index is -0.912. The molecule has 0 saturated carbocycles. The van der Waals surface area contributed by atoms with Gasteiger partial charge in [-0.2, -0.15) is 0 Å². The molecule has 1 aromatic rings. The van der Waals surface area contributed by atoms with Crippen molar-refractivity contribution >= 4 is 29.3 Å². The molecule has 0 heterocycles. The van der Waals surface area contributed by atoms with Gasteiger partial charge in [0.1, 0.15) is 5.60 Å². The lowest BCUT2D eigenvalue weighted by atomic mass is 10.1. The summed E-state index contributed by atoms with van der Waals surface area (Å²) < 4.78 is 10.4. The van der Waals surface area contributed by atoms with E-state index in [4.69, 9.17) is 26.5 Å². The number of nitrogens with one attached hydrogen (secondary N) is 1. The summed E-state index contributed by atoms with van der Waals surface area (Å²) in [5, 5.41) is 8.45. The van der Waals surface area contributed by atoms with Crippen LogP contribution in [0.5, 0.6) is 0 Å². The first-order valence-corrected chi connectivity index (χ1v) is 7.76. The van der Waals surface area contributed by atoms with Gasteiger partial charge >= 0.3 is 11.9 Å². The number of carbonyl (C=O) groups is 2. The molecule has 1 N–H and O–H groups in total. The van der Waals surface area contributed by atoms with E-state index in [1.807, 2.05) is 0 Å². The quantitative estimate of drug-likeness (QED) is 0.635. The number of hydrogen-bond acceptors (Lipinski definition) is 5. The second-order valence-electron chi connectivity index (χ2n) is 6.11. The van der Waals surface area contributed by atoms with Gasteiger partial charge in [-0.15, -0.1) is 0 Å². The molecular weight excluding hydrogens is 318 g/mol. The molecule has 0 saturated heterocycles. The number of esters is 2. The molecule has 5 nitrogen and oxygen atoms in total. The van der Waals surface area contributed by atoms with Gasteiger partial charge in [-0.25, -0.2) is 4.79 Å². The van der Waals surface area contributed by atoms with Crippen LogP contribution in [0.4, 0.5) is 0 Å². The Bertz CT molecular complexity index is 575. The van der Waals surface area contributed by atoms with E-state index in [0.29, 0.717) is 11.4 Å². The predicted molar refractivity (Wildman–Crippen MR) is 88.9 cm³/mol. The highest BCUT2D eigenvalue weighted by molar-refractivity contribution is 6.37. The fourth-order valence-corrected chi connectivity index (χ4v) is 1.91. The maximum Gasteiger partial charge on any atom is 0.356 e. The van der Waals surface area contributed by atoms with Gasteiger partial charge in [-0.1, -0.05) is 30.7 Å². The third-order valence-electron chi connectivity index (χ3n) is 2.85. The van der Waals surface area contributed by atoms with Crippen LogP contribution in [-0.4, -0.2) is 29.4 Å². The molecule has 23 heavy (non-hydrogen) atoms. The van der Waals surface area contributed by atoms with Crippen LogP contribution in [0.15, 0.2) is 24.3 Å². The first-order valence-electron chi connectivity index (χ1n) is 7.38. The average molecular weight is 340 g/mol. The van der Waals surface area contributed by atoms with E-state index in [2.05, 4.69) is 0 Å². The fraction of sp³-hybridized carbons (Fsp3) is 0.471. The van der Waals surface area contributed by atoms with E-state index in [-0.39, 0.29) is 12.1 Å². The highest BCUT2D eigenvalue weighted by Gasteiger charge is 2.28. The number of halogens is 1. The average Bonchev–Trinajstić information content (AvgIpc) is 2.44. The van der Waals surface area contributed by atoms with E-state index in [0.717, 1.165) is 5.56 Å². The third kappa shape index (κ3) is 6.82. The lowest BCUT2D eigenvalue weighted by molar-refractivity contribution is -0.149.